The van der Waals surface area contributed by atoms with Crippen LogP contribution < -0.4 is 20.1 Å². The topological polar surface area (TPSA) is 75.2 Å². The van der Waals surface area contributed by atoms with Gasteiger partial charge in [0.1, 0.15) is 0 Å². The van der Waals surface area contributed by atoms with Gasteiger partial charge in [-0.25, -0.2) is 4.99 Å². The molecule has 1 aliphatic carbocycles. The fourth-order valence-electron chi connectivity index (χ4n) is 4.02. The lowest BCUT2D eigenvalue weighted by Gasteiger charge is -2.17. The summed E-state index contributed by atoms with van der Waals surface area (Å²) in [5, 5.41) is 6.64. The largest absolute Gasteiger partial charge is 0.493 e. The number of hydrogen-bond donors (Lipinski definition) is 2. The van der Waals surface area contributed by atoms with Crippen molar-refractivity contribution < 1.29 is 14.3 Å². The maximum Gasteiger partial charge on any atom is 0.222 e. The second-order valence-electron chi connectivity index (χ2n) is 7.97. The Morgan fingerprint density at radius 1 is 1.19 bits per heavy atom. The highest BCUT2D eigenvalue weighted by atomic mass is 127. The molecule has 1 heterocycles. The van der Waals surface area contributed by atoms with Gasteiger partial charge in [0.15, 0.2) is 17.5 Å². The van der Waals surface area contributed by atoms with Crippen LogP contribution in [0.3, 0.4) is 0 Å². The van der Waals surface area contributed by atoms with E-state index in [1.807, 2.05) is 17.0 Å². The van der Waals surface area contributed by atoms with Crippen LogP contribution in [0.15, 0.2) is 23.2 Å². The van der Waals surface area contributed by atoms with Crippen molar-refractivity contribution in [3.63, 3.8) is 0 Å². The summed E-state index contributed by atoms with van der Waals surface area (Å²) >= 11 is 0. The van der Waals surface area contributed by atoms with Gasteiger partial charge in [0, 0.05) is 32.6 Å². The molecule has 1 aliphatic heterocycles. The molecule has 0 aromatic heterocycles. The standard InChI is InChI=1S/C23H36N4O3.HI/c1-3-24-23(25-13-7-15-27-14-6-10-22(27)28)26-17-18-11-12-20(21(16-18)29-2)30-19-8-4-5-9-19;/h11-12,16,19H,3-10,13-15,17H2,1-2H3,(H2,24,25,26);1H. The van der Waals surface area contributed by atoms with Gasteiger partial charge in [-0.15, -0.1) is 24.0 Å². The molecule has 1 saturated heterocycles. The first-order valence-corrected chi connectivity index (χ1v) is 11.3. The Kier molecular flexibility index (Phi) is 11.2. The van der Waals surface area contributed by atoms with E-state index in [0.29, 0.717) is 19.1 Å². The molecule has 2 aliphatic rings. The Morgan fingerprint density at radius 3 is 2.68 bits per heavy atom. The van der Waals surface area contributed by atoms with Gasteiger partial charge in [-0.2, -0.15) is 0 Å². The minimum atomic E-state index is 0. The van der Waals surface area contributed by atoms with Crippen LogP contribution in [-0.2, 0) is 11.3 Å². The molecule has 0 spiro atoms. The van der Waals surface area contributed by atoms with E-state index in [4.69, 9.17) is 14.5 Å². The zero-order chi connectivity index (χ0) is 21.2. The van der Waals surface area contributed by atoms with Crippen LogP contribution >= 0.6 is 24.0 Å². The molecule has 8 heteroatoms. The van der Waals surface area contributed by atoms with Crippen molar-refractivity contribution in [2.45, 2.75) is 64.5 Å². The number of rotatable bonds is 10. The Morgan fingerprint density at radius 2 is 2.00 bits per heavy atom. The summed E-state index contributed by atoms with van der Waals surface area (Å²) in [6.07, 6.45) is 7.65. The quantitative estimate of drug-likeness (QED) is 0.204. The summed E-state index contributed by atoms with van der Waals surface area (Å²) in [5.41, 5.74) is 1.07. The van der Waals surface area contributed by atoms with Crippen LogP contribution in [0.25, 0.3) is 0 Å². The number of nitrogens with one attached hydrogen (secondary N) is 2. The van der Waals surface area contributed by atoms with Crippen LogP contribution in [0.2, 0.25) is 0 Å². The van der Waals surface area contributed by atoms with Crippen molar-refractivity contribution in [3.05, 3.63) is 23.8 Å². The average Bonchev–Trinajstić information content (AvgIpc) is 3.41. The molecular weight excluding hydrogens is 507 g/mol. The van der Waals surface area contributed by atoms with Gasteiger partial charge < -0.3 is 25.0 Å². The van der Waals surface area contributed by atoms with Crippen molar-refractivity contribution in [1.82, 2.24) is 15.5 Å². The van der Waals surface area contributed by atoms with Crippen molar-refractivity contribution in [1.29, 1.82) is 0 Å². The Balaban J connectivity index is 0.00000341. The zero-order valence-electron chi connectivity index (χ0n) is 18.8. The number of carbonyl (C=O) groups is 1. The van der Waals surface area contributed by atoms with E-state index in [1.165, 1.54) is 12.8 Å². The Hall–Kier alpha value is -1.71. The van der Waals surface area contributed by atoms with Gasteiger partial charge >= 0.3 is 0 Å². The number of carbonyl (C=O) groups excluding carboxylic acids is 1. The number of aliphatic imine (C=N–C) groups is 1. The zero-order valence-corrected chi connectivity index (χ0v) is 21.2. The van der Waals surface area contributed by atoms with E-state index in [9.17, 15) is 4.79 Å². The van der Waals surface area contributed by atoms with Crippen LogP contribution in [0, 0.1) is 0 Å². The molecule has 3 rings (SSSR count). The number of hydrogen-bond acceptors (Lipinski definition) is 4. The molecule has 0 bridgehead atoms. The maximum absolute atomic E-state index is 11.7. The van der Waals surface area contributed by atoms with Crippen LogP contribution in [0.5, 0.6) is 11.5 Å². The second-order valence-corrected chi connectivity index (χ2v) is 7.97. The number of benzene rings is 1. The summed E-state index contributed by atoms with van der Waals surface area (Å²) in [4.78, 5) is 18.3. The lowest BCUT2D eigenvalue weighted by Crippen LogP contribution is -2.39. The molecule has 0 radical (unpaired) electrons. The van der Waals surface area contributed by atoms with E-state index in [2.05, 4.69) is 23.6 Å². The van der Waals surface area contributed by atoms with E-state index >= 15 is 0 Å². The van der Waals surface area contributed by atoms with Crippen molar-refractivity contribution >= 4 is 35.8 Å². The number of ether oxygens (including phenoxy) is 2. The minimum Gasteiger partial charge on any atom is -0.493 e. The Labute approximate surface area is 203 Å². The molecule has 2 N–H and O–H groups in total. The monoisotopic (exact) mass is 544 g/mol. The predicted octanol–water partition coefficient (Wildman–Crippen LogP) is 3.70. The van der Waals surface area contributed by atoms with Gasteiger partial charge in [0.2, 0.25) is 5.91 Å². The molecule has 174 valence electrons. The highest BCUT2D eigenvalue weighted by Crippen LogP contribution is 2.32. The number of nitrogens with zero attached hydrogens (tertiary/aromatic N) is 2. The third-order valence-corrected chi connectivity index (χ3v) is 5.66. The van der Waals surface area contributed by atoms with Crippen LogP contribution in [0.4, 0.5) is 0 Å². The van der Waals surface area contributed by atoms with Crippen molar-refractivity contribution in [2.24, 2.45) is 4.99 Å². The maximum atomic E-state index is 11.7. The number of guanidine groups is 1. The summed E-state index contributed by atoms with van der Waals surface area (Å²) < 4.78 is 11.7. The van der Waals surface area contributed by atoms with Gasteiger partial charge in [0.05, 0.1) is 19.8 Å². The lowest BCUT2D eigenvalue weighted by atomic mass is 10.2. The number of likely N-dealkylation sites (tertiary alicyclic amines) is 1. The summed E-state index contributed by atoms with van der Waals surface area (Å²) in [5.74, 6) is 2.65. The first-order chi connectivity index (χ1) is 14.7. The molecule has 0 atom stereocenters. The fourth-order valence-corrected chi connectivity index (χ4v) is 4.02. The molecule has 1 aromatic rings. The fraction of sp³-hybridized carbons (Fsp3) is 0.652. The minimum absolute atomic E-state index is 0. The molecular formula is C23H37IN4O3. The molecule has 1 amide bonds. The van der Waals surface area contributed by atoms with E-state index < -0.39 is 0 Å². The van der Waals surface area contributed by atoms with E-state index in [1.54, 1.807) is 7.11 Å². The first-order valence-electron chi connectivity index (χ1n) is 11.3. The third kappa shape index (κ3) is 8.05. The summed E-state index contributed by atoms with van der Waals surface area (Å²) in [6.45, 7) is 5.90. The van der Waals surface area contributed by atoms with Crippen molar-refractivity contribution in [2.75, 3.05) is 33.3 Å². The smallest absolute Gasteiger partial charge is 0.222 e. The van der Waals surface area contributed by atoms with Gasteiger partial charge in [-0.3, -0.25) is 4.79 Å². The Bertz CT molecular complexity index is 723. The molecule has 31 heavy (non-hydrogen) atoms. The lowest BCUT2D eigenvalue weighted by molar-refractivity contribution is -0.127. The highest BCUT2D eigenvalue weighted by molar-refractivity contribution is 14.0. The van der Waals surface area contributed by atoms with Crippen LogP contribution in [0.1, 0.15) is 57.4 Å². The van der Waals surface area contributed by atoms with Crippen molar-refractivity contribution in [3.8, 4) is 11.5 Å². The average molecular weight is 544 g/mol. The van der Waals surface area contributed by atoms with E-state index in [-0.39, 0.29) is 29.9 Å². The number of methoxy groups -OCH3 is 1. The number of halogens is 1. The highest BCUT2D eigenvalue weighted by Gasteiger charge is 2.19. The molecule has 2 fully saturated rings. The van der Waals surface area contributed by atoms with Gasteiger partial charge in [-0.05, 0) is 63.1 Å². The molecule has 1 aromatic carbocycles. The molecule has 7 nitrogen and oxygen atoms in total. The SMILES string of the molecule is CCNC(=NCc1ccc(OC2CCCC2)c(OC)c1)NCCCN1CCCC1=O.I. The number of amides is 1. The predicted molar refractivity (Wildman–Crippen MR) is 135 cm³/mol. The summed E-state index contributed by atoms with van der Waals surface area (Å²) in [7, 11) is 1.68. The van der Waals surface area contributed by atoms with Gasteiger partial charge in [0.25, 0.3) is 0 Å². The second kappa shape index (κ2) is 13.6. The third-order valence-electron chi connectivity index (χ3n) is 5.66. The van der Waals surface area contributed by atoms with Gasteiger partial charge in [-0.1, -0.05) is 6.07 Å². The van der Waals surface area contributed by atoms with Crippen LogP contribution in [-0.4, -0.2) is 56.2 Å². The normalized spacial score (nSPS) is 16.9. The summed E-state index contributed by atoms with van der Waals surface area (Å²) in [6, 6.07) is 6.06. The molecule has 1 saturated carbocycles. The first kappa shape index (κ1) is 25.5. The van der Waals surface area contributed by atoms with E-state index in [0.717, 1.165) is 74.9 Å². The molecule has 0 unspecified atom stereocenters.